The maximum Gasteiger partial charge on any atom is 0.160 e. The molecule has 1 aromatic heterocycles. The van der Waals surface area contributed by atoms with Crippen molar-refractivity contribution in [2.24, 2.45) is 9.98 Å². The van der Waals surface area contributed by atoms with Crippen molar-refractivity contribution in [2.75, 3.05) is 0 Å². The lowest BCUT2D eigenvalue weighted by molar-refractivity contribution is 0.670. The molecular formula is C59H39N3O. The normalized spacial score (nSPS) is 13.9. The van der Waals surface area contributed by atoms with Gasteiger partial charge >= 0.3 is 0 Å². The first-order chi connectivity index (χ1) is 31.2. The molecule has 0 amide bonds. The van der Waals surface area contributed by atoms with Crippen LogP contribution in [0.2, 0.25) is 0 Å². The standard InChI is InChI=1S/C59H39N3O/c1-4-17-38(18-5-1)41-23-12-24-42(37-41)58-60-57(40-21-8-3-9-22-40)61-59(62-58)52-32-14-27-46-47(28-13-29-48(46)52)50-30-16-34-54-55(50)53-33-15-31-51(56(53)63-54)49-36-35-43(39-19-6-2-7-20-39)44-25-10-11-26-45(44)49/h1-37,57H,(H,60,61,62). The fraction of sp³-hybridized carbons (Fsp3) is 0.0169. The Kier molecular flexibility index (Phi) is 8.86. The summed E-state index contributed by atoms with van der Waals surface area (Å²) < 4.78 is 6.90. The van der Waals surface area contributed by atoms with Crippen LogP contribution in [0.15, 0.2) is 239 Å². The highest BCUT2D eigenvalue weighted by molar-refractivity contribution is 6.22. The van der Waals surface area contributed by atoms with Crippen molar-refractivity contribution >= 4 is 55.2 Å². The second kappa shape index (κ2) is 15.3. The van der Waals surface area contributed by atoms with Crippen molar-refractivity contribution in [1.29, 1.82) is 0 Å². The molecule has 1 atom stereocenters. The number of hydrogen-bond donors (Lipinski definition) is 1. The Balaban J connectivity index is 0.999. The Labute approximate surface area is 365 Å². The van der Waals surface area contributed by atoms with Gasteiger partial charge in [-0.05, 0) is 78.2 Å². The van der Waals surface area contributed by atoms with Crippen molar-refractivity contribution in [1.82, 2.24) is 5.32 Å². The average molecular weight is 806 g/mol. The molecule has 11 aromatic rings. The molecule has 0 fully saturated rings. The number of para-hydroxylation sites is 1. The molecule has 0 spiro atoms. The maximum atomic E-state index is 6.90. The highest BCUT2D eigenvalue weighted by Gasteiger charge is 2.24. The maximum absolute atomic E-state index is 6.90. The quantitative estimate of drug-likeness (QED) is 0.174. The first-order valence-electron chi connectivity index (χ1n) is 21.4. The van der Waals surface area contributed by atoms with Crippen molar-refractivity contribution in [3.63, 3.8) is 0 Å². The van der Waals surface area contributed by atoms with Crippen molar-refractivity contribution < 1.29 is 4.42 Å². The Morgan fingerprint density at radius 1 is 0.365 bits per heavy atom. The van der Waals surface area contributed by atoms with Gasteiger partial charge in [-0.15, -0.1) is 0 Å². The highest BCUT2D eigenvalue weighted by atomic mass is 16.3. The van der Waals surface area contributed by atoms with Crippen LogP contribution in [0.3, 0.4) is 0 Å². The number of hydrogen-bond acceptors (Lipinski definition) is 4. The lowest BCUT2D eigenvalue weighted by atomic mass is 9.90. The zero-order valence-corrected chi connectivity index (χ0v) is 34.2. The minimum absolute atomic E-state index is 0.320. The minimum atomic E-state index is -0.320. The second-order valence-corrected chi connectivity index (χ2v) is 16.1. The van der Waals surface area contributed by atoms with E-state index in [0.717, 1.165) is 88.6 Å². The molecular weight excluding hydrogens is 767 g/mol. The first-order valence-corrected chi connectivity index (χ1v) is 21.4. The predicted octanol–water partition coefficient (Wildman–Crippen LogP) is 15.1. The molecule has 10 aromatic carbocycles. The van der Waals surface area contributed by atoms with Crippen LogP contribution in [0.4, 0.5) is 0 Å². The molecule has 4 nitrogen and oxygen atoms in total. The van der Waals surface area contributed by atoms with Gasteiger partial charge < -0.3 is 9.73 Å². The third-order valence-corrected chi connectivity index (χ3v) is 12.4. The number of fused-ring (bicyclic) bond motifs is 5. The summed E-state index contributed by atoms with van der Waals surface area (Å²) in [5.74, 6) is 1.47. The molecule has 12 rings (SSSR count). The fourth-order valence-corrected chi connectivity index (χ4v) is 9.43. The van der Waals surface area contributed by atoms with Crippen LogP contribution in [-0.2, 0) is 0 Å². The second-order valence-electron chi connectivity index (χ2n) is 16.1. The summed E-state index contributed by atoms with van der Waals surface area (Å²) in [4.78, 5) is 10.6. The molecule has 0 saturated carbocycles. The van der Waals surface area contributed by atoms with Gasteiger partial charge in [0.2, 0.25) is 0 Å². The summed E-state index contributed by atoms with van der Waals surface area (Å²) in [6.45, 7) is 0. The number of furan rings is 1. The van der Waals surface area contributed by atoms with Gasteiger partial charge in [-0.1, -0.05) is 212 Å². The molecule has 296 valence electrons. The molecule has 0 saturated heterocycles. The number of nitrogens with zero attached hydrogens (tertiary/aromatic N) is 2. The Morgan fingerprint density at radius 2 is 0.873 bits per heavy atom. The SMILES string of the molecule is c1ccc(-c2cccc(C3=NC(c4cccc5c(-c6cccc7oc8c(-c9ccc(-c%10ccccc%10)c%10ccccc9%10)cccc8c67)cccc45)=NC(c4ccccc4)N3)c2)cc1. The zero-order valence-electron chi connectivity index (χ0n) is 34.2. The van der Waals surface area contributed by atoms with E-state index in [1.165, 1.54) is 21.9 Å². The lowest BCUT2D eigenvalue weighted by Gasteiger charge is -2.24. The van der Waals surface area contributed by atoms with E-state index < -0.39 is 0 Å². The zero-order chi connectivity index (χ0) is 41.7. The van der Waals surface area contributed by atoms with E-state index in [0.29, 0.717) is 5.84 Å². The monoisotopic (exact) mass is 805 g/mol. The number of nitrogens with one attached hydrogen (secondary N) is 1. The van der Waals surface area contributed by atoms with Crippen molar-refractivity contribution in [3.05, 3.63) is 241 Å². The van der Waals surface area contributed by atoms with Gasteiger partial charge in [0, 0.05) is 27.5 Å². The lowest BCUT2D eigenvalue weighted by Crippen LogP contribution is -2.33. The molecule has 1 N–H and O–H groups in total. The van der Waals surface area contributed by atoms with E-state index in [9.17, 15) is 0 Å². The van der Waals surface area contributed by atoms with E-state index in [-0.39, 0.29) is 6.17 Å². The summed E-state index contributed by atoms with van der Waals surface area (Å²) in [5, 5.41) is 10.5. The van der Waals surface area contributed by atoms with Gasteiger partial charge in [-0.3, -0.25) is 0 Å². The van der Waals surface area contributed by atoms with Gasteiger partial charge in [-0.25, -0.2) is 9.98 Å². The molecule has 1 aliphatic rings. The van der Waals surface area contributed by atoms with Crippen LogP contribution < -0.4 is 5.32 Å². The van der Waals surface area contributed by atoms with E-state index in [1.54, 1.807) is 0 Å². The van der Waals surface area contributed by atoms with Crippen LogP contribution in [0.5, 0.6) is 0 Å². The number of rotatable bonds is 7. The Hall–Kier alpha value is -8.34. The third-order valence-electron chi connectivity index (χ3n) is 12.4. The smallest absolute Gasteiger partial charge is 0.160 e. The summed E-state index contributed by atoms with van der Waals surface area (Å²) in [5.41, 5.74) is 14.0. The van der Waals surface area contributed by atoms with Gasteiger partial charge in [-0.2, -0.15) is 0 Å². The van der Waals surface area contributed by atoms with Crippen LogP contribution in [-0.4, -0.2) is 11.7 Å². The van der Waals surface area contributed by atoms with Gasteiger partial charge in [0.15, 0.2) is 5.84 Å². The topological polar surface area (TPSA) is 49.9 Å². The highest BCUT2D eigenvalue weighted by Crippen LogP contribution is 2.44. The Morgan fingerprint density at radius 3 is 1.63 bits per heavy atom. The van der Waals surface area contributed by atoms with Crippen molar-refractivity contribution in [3.8, 4) is 44.5 Å². The van der Waals surface area contributed by atoms with Crippen LogP contribution in [0.25, 0.3) is 88.0 Å². The van der Waals surface area contributed by atoms with E-state index >= 15 is 0 Å². The fourth-order valence-electron chi connectivity index (χ4n) is 9.43. The number of amidine groups is 2. The summed E-state index contributed by atoms with van der Waals surface area (Å²) >= 11 is 0. The predicted molar refractivity (Wildman–Crippen MR) is 262 cm³/mol. The summed E-state index contributed by atoms with van der Waals surface area (Å²) in [7, 11) is 0. The summed E-state index contributed by atoms with van der Waals surface area (Å²) in [6, 6.07) is 79.3. The minimum Gasteiger partial charge on any atom is -0.455 e. The molecule has 0 aliphatic carbocycles. The molecule has 0 radical (unpaired) electrons. The largest absolute Gasteiger partial charge is 0.455 e. The van der Waals surface area contributed by atoms with Crippen molar-refractivity contribution in [2.45, 2.75) is 6.17 Å². The van der Waals surface area contributed by atoms with Gasteiger partial charge in [0.25, 0.3) is 0 Å². The summed E-state index contributed by atoms with van der Waals surface area (Å²) in [6.07, 6.45) is -0.320. The van der Waals surface area contributed by atoms with E-state index in [2.05, 4.69) is 218 Å². The molecule has 0 bridgehead atoms. The van der Waals surface area contributed by atoms with Gasteiger partial charge in [0.1, 0.15) is 23.2 Å². The van der Waals surface area contributed by atoms with Crippen LogP contribution >= 0.6 is 0 Å². The van der Waals surface area contributed by atoms with Gasteiger partial charge in [0.05, 0.1) is 0 Å². The van der Waals surface area contributed by atoms with E-state index in [1.807, 2.05) is 12.1 Å². The number of benzene rings is 10. The molecule has 4 heteroatoms. The molecule has 2 heterocycles. The first kappa shape index (κ1) is 36.5. The number of aliphatic imine (C=N–C) groups is 2. The van der Waals surface area contributed by atoms with Crippen LogP contribution in [0, 0.1) is 0 Å². The molecule has 1 unspecified atom stereocenters. The molecule has 1 aliphatic heterocycles. The Bertz CT molecular complexity index is 3590. The van der Waals surface area contributed by atoms with E-state index in [4.69, 9.17) is 14.4 Å². The third kappa shape index (κ3) is 6.39. The van der Waals surface area contributed by atoms with Crippen LogP contribution in [0.1, 0.15) is 22.9 Å². The average Bonchev–Trinajstić information content (AvgIpc) is 3.76. The molecule has 63 heavy (non-hydrogen) atoms.